The van der Waals surface area contributed by atoms with Gasteiger partial charge in [0.2, 0.25) is 0 Å². The molecule has 6 aromatic rings. The lowest BCUT2D eigenvalue weighted by molar-refractivity contribution is 0.628. The molecular weight excluding hydrogens is 423 g/mol. The zero-order valence-electron chi connectivity index (χ0n) is 19.0. The summed E-state index contributed by atoms with van der Waals surface area (Å²) in [5, 5.41) is 2.20. The highest BCUT2D eigenvalue weighted by Crippen LogP contribution is 2.41. The van der Waals surface area contributed by atoms with Crippen molar-refractivity contribution in [2.24, 2.45) is 0 Å². The molecule has 0 amide bonds. The van der Waals surface area contributed by atoms with Gasteiger partial charge in [0.05, 0.1) is 5.69 Å². The normalized spacial score (nSPS) is 11.6. The van der Waals surface area contributed by atoms with Gasteiger partial charge in [-0.1, -0.05) is 68.4 Å². The molecule has 166 valence electrons. The number of hydrogen-bond acceptors (Lipinski definition) is 2. The van der Waals surface area contributed by atoms with Crippen molar-refractivity contribution in [2.75, 3.05) is 0 Å². The molecule has 4 heteroatoms. The van der Waals surface area contributed by atoms with E-state index in [0.29, 0.717) is 0 Å². The van der Waals surface area contributed by atoms with Gasteiger partial charge in [0.1, 0.15) is 22.8 Å². The van der Waals surface area contributed by atoms with E-state index in [0.717, 1.165) is 50.1 Å². The van der Waals surface area contributed by atoms with Gasteiger partial charge in [0, 0.05) is 39.9 Å². The SMILES string of the molecule is CC(C)c1cccc(-c2cccc3c2oc2ccccc23)c1-n1ccnc1-c1ccc(F)cc1. The Hall–Kier alpha value is -4.18. The number of nitrogens with zero attached hydrogens (tertiary/aromatic N) is 2. The second-order valence-electron chi connectivity index (χ2n) is 8.81. The van der Waals surface area contributed by atoms with E-state index >= 15 is 0 Å². The van der Waals surface area contributed by atoms with Gasteiger partial charge < -0.3 is 4.42 Å². The van der Waals surface area contributed by atoms with Crippen LogP contribution in [0.4, 0.5) is 4.39 Å². The standard InChI is InChI=1S/C30H23FN2O/c1-19(2)22-8-5-9-24(26-11-6-10-25-23-7-3-4-12-27(23)34-29(25)26)28(22)33-18-17-32-30(33)20-13-15-21(31)16-14-20/h3-19H,1-2H3. The number of fused-ring (bicyclic) bond motifs is 3. The average Bonchev–Trinajstić information content (AvgIpc) is 3.49. The lowest BCUT2D eigenvalue weighted by atomic mass is 9.93. The van der Waals surface area contributed by atoms with Crippen molar-refractivity contribution in [1.82, 2.24) is 9.55 Å². The van der Waals surface area contributed by atoms with Crippen LogP contribution in [0.1, 0.15) is 25.3 Å². The first-order valence-electron chi connectivity index (χ1n) is 11.4. The van der Waals surface area contributed by atoms with Crippen LogP contribution < -0.4 is 0 Å². The summed E-state index contributed by atoms with van der Waals surface area (Å²) in [4.78, 5) is 4.64. The van der Waals surface area contributed by atoms with Crippen molar-refractivity contribution < 1.29 is 8.81 Å². The molecule has 2 aromatic heterocycles. The van der Waals surface area contributed by atoms with Gasteiger partial charge in [-0.3, -0.25) is 4.57 Å². The number of hydrogen-bond donors (Lipinski definition) is 0. The van der Waals surface area contributed by atoms with Crippen LogP contribution >= 0.6 is 0 Å². The molecule has 0 bridgehead atoms. The zero-order valence-corrected chi connectivity index (χ0v) is 19.0. The van der Waals surface area contributed by atoms with Gasteiger partial charge in [-0.15, -0.1) is 0 Å². The molecular formula is C30H23FN2O. The van der Waals surface area contributed by atoms with Crippen LogP contribution in [0.2, 0.25) is 0 Å². The summed E-state index contributed by atoms with van der Waals surface area (Å²) in [6, 6.07) is 27.3. The molecule has 0 aliphatic heterocycles. The van der Waals surface area contributed by atoms with E-state index in [2.05, 4.69) is 65.9 Å². The molecule has 0 aliphatic carbocycles. The second-order valence-corrected chi connectivity index (χ2v) is 8.81. The highest BCUT2D eigenvalue weighted by molar-refractivity contribution is 6.10. The van der Waals surface area contributed by atoms with E-state index < -0.39 is 0 Å². The Labute approximate surface area is 197 Å². The second kappa shape index (κ2) is 7.99. The van der Waals surface area contributed by atoms with Crippen molar-refractivity contribution in [3.63, 3.8) is 0 Å². The molecule has 0 spiro atoms. The quantitative estimate of drug-likeness (QED) is 0.272. The molecule has 0 unspecified atom stereocenters. The van der Waals surface area contributed by atoms with Crippen LogP contribution in [0.15, 0.2) is 102 Å². The molecule has 0 radical (unpaired) electrons. The molecule has 0 saturated carbocycles. The fraction of sp³-hybridized carbons (Fsp3) is 0.100. The Kier molecular flexibility index (Phi) is 4.80. The summed E-state index contributed by atoms with van der Waals surface area (Å²) in [5.74, 6) is 0.793. The number of aromatic nitrogens is 2. The molecule has 0 atom stereocenters. The smallest absolute Gasteiger partial charge is 0.144 e. The summed E-state index contributed by atoms with van der Waals surface area (Å²) >= 11 is 0. The van der Waals surface area contributed by atoms with Crippen LogP contribution in [0.5, 0.6) is 0 Å². The largest absolute Gasteiger partial charge is 0.455 e. The number of furan rings is 1. The minimum atomic E-state index is -0.262. The molecule has 0 aliphatic rings. The molecule has 34 heavy (non-hydrogen) atoms. The third kappa shape index (κ3) is 3.22. The Balaban J connectivity index is 1.66. The Morgan fingerprint density at radius 3 is 2.35 bits per heavy atom. The van der Waals surface area contributed by atoms with Crippen LogP contribution in [-0.4, -0.2) is 9.55 Å². The third-order valence-corrected chi connectivity index (χ3v) is 6.37. The minimum absolute atomic E-state index is 0.262. The molecule has 0 N–H and O–H groups in total. The van der Waals surface area contributed by atoms with Crippen LogP contribution in [0.3, 0.4) is 0 Å². The van der Waals surface area contributed by atoms with Gasteiger partial charge in [-0.2, -0.15) is 0 Å². The van der Waals surface area contributed by atoms with Crippen molar-refractivity contribution in [2.45, 2.75) is 19.8 Å². The first-order valence-corrected chi connectivity index (χ1v) is 11.4. The van der Waals surface area contributed by atoms with Crippen molar-refractivity contribution in [1.29, 1.82) is 0 Å². The summed E-state index contributed by atoms with van der Waals surface area (Å²) in [5.41, 5.74) is 6.96. The van der Waals surface area contributed by atoms with Gasteiger partial charge in [-0.05, 0) is 41.8 Å². The third-order valence-electron chi connectivity index (χ3n) is 6.37. The minimum Gasteiger partial charge on any atom is -0.455 e. The molecule has 2 heterocycles. The predicted octanol–water partition coefficient (Wildman–Crippen LogP) is 8.37. The number of benzene rings is 4. The topological polar surface area (TPSA) is 31.0 Å². The highest BCUT2D eigenvalue weighted by Gasteiger charge is 2.21. The van der Waals surface area contributed by atoms with Crippen LogP contribution in [-0.2, 0) is 0 Å². The predicted molar refractivity (Wildman–Crippen MR) is 136 cm³/mol. The molecule has 3 nitrogen and oxygen atoms in total. The maximum absolute atomic E-state index is 13.6. The van der Waals surface area contributed by atoms with E-state index in [1.54, 1.807) is 18.3 Å². The maximum Gasteiger partial charge on any atom is 0.144 e. The first kappa shape index (κ1) is 20.4. The molecule has 0 fully saturated rings. The van der Waals surface area contributed by atoms with Crippen LogP contribution in [0, 0.1) is 5.82 Å². The number of para-hydroxylation sites is 3. The lowest BCUT2D eigenvalue weighted by Gasteiger charge is -2.20. The zero-order chi connectivity index (χ0) is 23.2. The Morgan fingerprint density at radius 2 is 1.53 bits per heavy atom. The van der Waals surface area contributed by atoms with Crippen molar-refractivity contribution in [3.05, 3.63) is 109 Å². The fourth-order valence-corrected chi connectivity index (χ4v) is 4.77. The van der Waals surface area contributed by atoms with Crippen molar-refractivity contribution >= 4 is 21.9 Å². The number of rotatable bonds is 4. The number of imidazole rings is 1. The highest BCUT2D eigenvalue weighted by atomic mass is 19.1. The van der Waals surface area contributed by atoms with Gasteiger partial charge in [0.25, 0.3) is 0 Å². The van der Waals surface area contributed by atoms with E-state index in [1.165, 1.54) is 17.7 Å². The van der Waals surface area contributed by atoms with E-state index in [9.17, 15) is 4.39 Å². The first-order chi connectivity index (χ1) is 16.6. The van der Waals surface area contributed by atoms with E-state index in [4.69, 9.17) is 4.42 Å². The summed E-state index contributed by atoms with van der Waals surface area (Å²) < 4.78 is 22.1. The lowest BCUT2D eigenvalue weighted by Crippen LogP contribution is -2.05. The Morgan fingerprint density at radius 1 is 0.794 bits per heavy atom. The van der Waals surface area contributed by atoms with Gasteiger partial charge >= 0.3 is 0 Å². The average molecular weight is 447 g/mol. The van der Waals surface area contributed by atoms with Crippen LogP contribution in [0.25, 0.3) is 50.1 Å². The fourth-order valence-electron chi connectivity index (χ4n) is 4.77. The summed E-state index contributed by atoms with van der Waals surface area (Å²) in [7, 11) is 0. The molecule has 0 saturated heterocycles. The molecule has 6 rings (SSSR count). The monoisotopic (exact) mass is 446 g/mol. The molecule has 4 aromatic carbocycles. The van der Waals surface area contributed by atoms with Crippen molar-refractivity contribution in [3.8, 4) is 28.2 Å². The van der Waals surface area contributed by atoms with E-state index in [-0.39, 0.29) is 11.7 Å². The summed E-state index contributed by atoms with van der Waals surface area (Å²) in [6.45, 7) is 4.39. The van der Waals surface area contributed by atoms with Gasteiger partial charge in [-0.25, -0.2) is 9.37 Å². The Bertz CT molecular complexity index is 1640. The summed E-state index contributed by atoms with van der Waals surface area (Å²) in [6.07, 6.45) is 3.77. The van der Waals surface area contributed by atoms with E-state index in [1.807, 2.05) is 24.4 Å². The van der Waals surface area contributed by atoms with Gasteiger partial charge in [0.15, 0.2) is 0 Å². The number of halogens is 1. The maximum atomic E-state index is 13.6.